The molecule has 2 nitrogen and oxygen atoms in total. The van der Waals surface area contributed by atoms with Crippen LogP contribution in [0.5, 0.6) is 0 Å². The summed E-state index contributed by atoms with van der Waals surface area (Å²) in [6.45, 7) is 4.25. The van der Waals surface area contributed by atoms with Crippen LogP contribution >= 0.6 is 31.9 Å². The number of hydrogen-bond acceptors (Lipinski definition) is 2. The maximum Gasteiger partial charge on any atom is 0.320 e. The zero-order valence-corrected chi connectivity index (χ0v) is 12.5. The first-order valence-corrected chi connectivity index (χ1v) is 6.81. The highest BCUT2D eigenvalue weighted by Gasteiger charge is 2.17. The van der Waals surface area contributed by atoms with Gasteiger partial charge in [-0.2, -0.15) is 0 Å². The van der Waals surface area contributed by atoms with Gasteiger partial charge in [0.05, 0.1) is 6.61 Å². The van der Waals surface area contributed by atoms with Crippen LogP contribution < -0.4 is 0 Å². The lowest BCUT2D eigenvalue weighted by atomic mass is 10.1. The number of rotatable bonds is 4. The molecule has 0 aliphatic rings. The lowest BCUT2D eigenvalue weighted by molar-refractivity contribution is -0.142. The van der Waals surface area contributed by atoms with Gasteiger partial charge in [0.2, 0.25) is 0 Å². The molecular weight excluding hydrogens is 336 g/mol. The molecule has 1 aromatic rings. The van der Waals surface area contributed by atoms with Crippen LogP contribution in [0.4, 0.5) is 0 Å². The van der Waals surface area contributed by atoms with Gasteiger partial charge in [0.1, 0.15) is 4.83 Å². The first-order valence-electron chi connectivity index (χ1n) is 5.10. The second-order valence-electron chi connectivity index (χ2n) is 3.52. The summed E-state index contributed by atoms with van der Waals surface area (Å²) in [5.74, 6) is -0.213. The molecule has 16 heavy (non-hydrogen) atoms. The fourth-order valence-electron chi connectivity index (χ4n) is 1.33. The molecule has 0 amide bonds. The number of esters is 1. The third kappa shape index (κ3) is 3.91. The Morgan fingerprint density at radius 3 is 2.75 bits per heavy atom. The van der Waals surface area contributed by atoms with Crippen molar-refractivity contribution in [2.24, 2.45) is 0 Å². The van der Waals surface area contributed by atoms with Crippen LogP contribution in [0.15, 0.2) is 22.7 Å². The predicted octanol–water partition coefficient (Wildman–Crippen LogP) is 3.63. The molecule has 0 aliphatic heterocycles. The second kappa shape index (κ2) is 6.40. The summed E-state index contributed by atoms with van der Waals surface area (Å²) in [6.07, 6.45) is 0.625. The van der Waals surface area contributed by atoms with E-state index in [4.69, 9.17) is 4.74 Å². The van der Waals surface area contributed by atoms with E-state index < -0.39 is 0 Å². The molecule has 0 spiro atoms. The Labute approximate surface area is 113 Å². The van der Waals surface area contributed by atoms with Crippen molar-refractivity contribution in [1.29, 1.82) is 0 Å². The predicted molar refractivity (Wildman–Crippen MR) is 71.9 cm³/mol. The van der Waals surface area contributed by atoms with Crippen LogP contribution in [0, 0.1) is 6.92 Å². The van der Waals surface area contributed by atoms with E-state index in [1.165, 1.54) is 5.56 Å². The Morgan fingerprint density at radius 2 is 2.19 bits per heavy atom. The highest BCUT2D eigenvalue weighted by Crippen LogP contribution is 2.22. The molecule has 1 rings (SSSR count). The van der Waals surface area contributed by atoms with Gasteiger partial charge < -0.3 is 4.74 Å². The van der Waals surface area contributed by atoms with Crippen molar-refractivity contribution in [1.82, 2.24) is 0 Å². The van der Waals surface area contributed by atoms with Crippen molar-refractivity contribution in [3.63, 3.8) is 0 Å². The number of hydrogen-bond donors (Lipinski definition) is 0. The van der Waals surface area contributed by atoms with E-state index in [-0.39, 0.29) is 10.8 Å². The first-order chi connectivity index (χ1) is 7.54. The van der Waals surface area contributed by atoms with Gasteiger partial charge in [-0.1, -0.05) is 44.0 Å². The largest absolute Gasteiger partial charge is 0.465 e. The molecule has 0 fully saturated rings. The standard InChI is InChI=1S/C12H14Br2O2/c1-3-16-12(15)11(14)7-9-5-4-8(2)6-10(9)13/h4-6,11H,3,7H2,1-2H3. The molecule has 0 saturated carbocycles. The van der Waals surface area contributed by atoms with E-state index in [0.29, 0.717) is 13.0 Å². The fraction of sp³-hybridized carbons (Fsp3) is 0.417. The van der Waals surface area contributed by atoms with Gasteiger partial charge in [-0.25, -0.2) is 0 Å². The zero-order chi connectivity index (χ0) is 12.1. The van der Waals surface area contributed by atoms with Gasteiger partial charge in [0.15, 0.2) is 0 Å². The summed E-state index contributed by atoms with van der Waals surface area (Å²) in [6, 6.07) is 6.10. The summed E-state index contributed by atoms with van der Waals surface area (Å²) >= 11 is 6.83. The molecule has 0 N–H and O–H groups in total. The van der Waals surface area contributed by atoms with Crippen molar-refractivity contribution in [3.8, 4) is 0 Å². The first kappa shape index (κ1) is 13.7. The van der Waals surface area contributed by atoms with Crippen molar-refractivity contribution in [3.05, 3.63) is 33.8 Å². The average molecular weight is 350 g/mol. The van der Waals surface area contributed by atoms with Crippen LogP contribution in [0.25, 0.3) is 0 Å². The van der Waals surface area contributed by atoms with Gasteiger partial charge in [-0.15, -0.1) is 0 Å². The topological polar surface area (TPSA) is 26.3 Å². The highest BCUT2D eigenvalue weighted by atomic mass is 79.9. The number of carbonyl (C=O) groups excluding carboxylic acids is 1. The fourth-order valence-corrected chi connectivity index (χ4v) is 2.46. The maximum atomic E-state index is 11.4. The molecule has 0 aromatic heterocycles. The number of carbonyl (C=O) groups is 1. The summed E-state index contributed by atoms with van der Waals surface area (Å²) in [7, 11) is 0. The van der Waals surface area contributed by atoms with Crippen molar-refractivity contribution in [2.75, 3.05) is 6.61 Å². The lowest BCUT2D eigenvalue weighted by Gasteiger charge is -2.10. The minimum atomic E-state index is -0.286. The van der Waals surface area contributed by atoms with E-state index in [9.17, 15) is 4.79 Å². The second-order valence-corrected chi connectivity index (χ2v) is 5.48. The van der Waals surface area contributed by atoms with Crippen LogP contribution in [0.3, 0.4) is 0 Å². The average Bonchev–Trinajstić information content (AvgIpc) is 2.22. The molecule has 0 heterocycles. The maximum absolute atomic E-state index is 11.4. The molecule has 4 heteroatoms. The smallest absolute Gasteiger partial charge is 0.320 e. The molecule has 0 saturated heterocycles. The van der Waals surface area contributed by atoms with Crippen LogP contribution in [0.1, 0.15) is 18.1 Å². The Hall–Kier alpha value is -0.350. The molecule has 0 aliphatic carbocycles. The van der Waals surface area contributed by atoms with Crippen molar-refractivity contribution >= 4 is 37.8 Å². The van der Waals surface area contributed by atoms with Crippen LogP contribution in [0.2, 0.25) is 0 Å². The van der Waals surface area contributed by atoms with Gasteiger partial charge in [-0.05, 0) is 37.5 Å². The normalized spacial score (nSPS) is 12.2. The molecule has 1 atom stereocenters. The van der Waals surface area contributed by atoms with Crippen LogP contribution in [-0.2, 0) is 16.0 Å². The molecular formula is C12H14Br2O2. The lowest BCUT2D eigenvalue weighted by Crippen LogP contribution is -2.19. The van der Waals surface area contributed by atoms with E-state index in [1.54, 1.807) is 6.92 Å². The van der Waals surface area contributed by atoms with E-state index in [0.717, 1.165) is 10.0 Å². The summed E-state index contributed by atoms with van der Waals surface area (Å²) in [5, 5.41) is 0. The van der Waals surface area contributed by atoms with Crippen LogP contribution in [-0.4, -0.2) is 17.4 Å². The molecule has 1 unspecified atom stereocenters. The number of ether oxygens (including phenoxy) is 1. The Balaban J connectivity index is 2.69. The molecule has 0 radical (unpaired) electrons. The van der Waals surface area contributed by atoms with Crippen molar-refractivity contribution < 1.29 is 9.53 Å². The summed E-state index contributed by atoms with van der Waals surface area (Å²) in [5.41, 5.74) is 2.29. The molecule has 88 valence electrons. The zero-order valence-electron chi connectivity index (χ0n) is 9.30. The summed E-state index contributed by atoms with van der Waals surface area (Å²) < 4.78 is 5.97. The van der Waals surface area contributed by atoms with Gasteiger partial charge >= 0.3 is 5.97 Å². The quantitative estimate of drug-likeness (QED) is 0.613. The number of aryl methyl sites for hydroxylation is 1. The Kier molecular flexibility index (Phi) is 5.49. The minimum absolute atomic E-state index is 0.213. The minimum Gasteiger partial charge on any atom is -0.465 e. The van der Waals surface area contributed by atoms with Gasteiger partial charge in [0.25, 0.3) is 0 Å². The third-order valence-electron chi connectivity index (χ3n) is 2.15. The summed E-state index contributed by atoms with van der Waals surface area (Å²) in [4.78, 5) is 11.2. The number of alkyl halides is 1. The highest BCUT2D eigenvalue weighted by molar-refractivity contribution is 9.10. The Bertz CT molecular complexity index is 377. The van der Waals surface area contributed by atoms with E-state index in [2.05, 4.69) is 31.9 Å². The molecule has 0 bridgehead atoms. The molecule has 1 aromatic carbocycles. The number of benzene rings is 1. The van der Waals surface area contributed by atoms with E-state index >= 15 is 0 Å². The van der Waals surface area contributed by atoms with Gasteiger partial charge in [0, 0.05) is 4.47 Å². The monoisotopic (exact) mass is 348 g/mol. The third-order valence-corrected chi connectivity index (χ3v) is 3.59. The number of halogens is 2. The Morgan fingerprint density at radius 1 is 1.50 bits per heavy atom. The van der Waals surface area contributed by atoms with Crippen molar-refractivity contribution in [2.45, 2.75) is 25.1 Å². The SMILES string of the molecule is CCOC(=O)C(Br)Cc1ccc(C)cc1Br. The van der Waals surface area contributed by atoms with Gasteiger partial charge in [-0.3, -0.25) is 4.79 Å². The van der Waals surface area contributed by atoms with E-state index in [1.807, 2.05) is 25.1 Å².